The number of benzene rings is 2. The summed E-state index contributed by atoms with van der Waals surface area (Å²) < 4.78 is 2.29. The number of Topliss-reactive ketones (excluding diaryl/α,β-unsaturated/α-hetero) is 1. The molecular weight excluding hydrogens is 332 g/mol. The molecule has 3 heteroatoms. The molecule has 3 nitrogen and oxygen atoms in total. The molecule has 3 aromatic rings. The van der Waals surface area contributed by atoms with Crippen LogP contribution in [0.1, 0.15) is 47.3 Å². The number of aryl methyl sites for hydroxylation is 2. The molecule has 0 bridgehead atoms. The quantitative estimate of drug-likeness (QED) is 0.495. The lowest BCUT2D eigenvalue weighted by Gasteiger charge is -2.13. The Labute approximate surface area is 161 Å². The average molecular weight is 361 g/mol. The van der Waals surface area contributed by atoms with Gasteiger partial charge >= 0.3 is 0 Å². The Hall–Kier alpha value is -2.39. The minimum atomic E-state index is 0.147. The van der Waals surface area contributed by atoms with Gasteiger partial charge in [0.2, 0.25) is 0 Å². The fourth-order valence-corrected chi connectivity index (χ4v) is 4.44. The molecule has 1 N–H and O–H groups in total. The Morgan fingerprint density at radius 3 is 2.52 bits per heavy atom. The second-order valence-corrected chi connectivity index (χ2v) is 7.64. The van der Waals surface area contributed by atoms with Crippen molar-refractivity contribution in [3.63, 3.8) is 0 Å². The summed E-state index contributed by atoms with van der Waals surface area (Å²) in [6.45, 7) is 5.78. The maximum atomic E-state index is 12.1. The second-order valence-electron chi connectivity index (χ2n) is 7.64. The second kappa shape index (κ2) is 7.69. The van der Waals surface area contributed by atoms with E-state index in [4.69, 9.17) is 0 Å². The smallest absolute Gasteiger partial charge is 0.161 e. The third-order valence-corrected chi connectivity index (χ3v) is 5.80. The number of nitrogens with one attached hydrogen (secondary N) is 1. The van der Waals surface area contributed by atoms with Crippen molar-refractivity contribution in [3.8, 4) is 0 Å². The van der Waals surface area contributed by atoms with Crippen molar-refractivity contribution in [2.45, 2.75) is 52.1 Å². The number of rotatable bonds is 7. The SMILES string of the molecule is CCc1cccc2c(C(C)=O)cn(CCCNC3Cc4ccccc4C3)c12. The molecule has 1 aliphatic carbocycles. The summed E-state index contributed by atoms with van der Waals surface area (Å²) in [6.07, 6.45) is 6.37. The molecule has 0 unspecified atom stereocenters. The minimum Gasteiger partial charge on any atom is -0.346 e. The van der Waals surface area contributed by atoms with Crippen LogP contribution in [-0.4, -0.2) is 22.9 Å². The van der Waals surface area contributed by atoms with E-state index >= 15 is 0 Å². The number of carbonyl (C=O) groups is 1. The Kier molecular flexibility index (Phi) is 5.13. The largest absolute Gasteiger partial charge is 0.346 e. The van der Waals surface area contributed by atoms with Gasteiger partial charge in [-0.2, -0.15) is 0 Å². The van der Waals surface area contributed by atoms with Crippen molar-refractivity contribution in [1.29, 1.82) is 0 Å². The third-order valence-electron chi connectivity index (χ3n) is 5.80. The van der Waals surface area contributed by atoms with Crippen LogP contribution >= 0.6 is 0 Å². The molecule has 1 aromatic heterocycles. The molecule has 0 fully saturated rings. The molecule has 0 atom stereocenters. The highest BCUT2D eigenvalue weighted by Gasteiger charge is 2.20. The van der Waals surface area contributed by atoms with E-state index < -0.39 is 0 Å². The van der Waals surface area contributed by atoms with E-state index in [2.05, 4.69) is 65.5 Å². The molecule has 140 valence electrons. The highest BCUT2D eigenvalue weighted by atomic mass is 16.1. The van der Waals surface area contributed by atoms with Gasteiger partial charge in [0.15, 0.2) is 5.78 Å². The van der Waals surface area contributed by atoms with Gasteiger partial charge in [-0.3, -0.25) is 4.79 Å². The minimum absolute atomic E-state index is 0.147. The van der Waals surface area contributed by atoms with Gasteiger partial charge in [0.05, 0.1) is 5.52 Å². The third kappa shape index (κ3) is 3.57. The van der Waals surface area contributed by atoms with Crippen LogP contribution in [0.4, 0.5) is 0 Å². The van der Waals surface area contributed by atoms with Gasteiger partial charge in [-0.15, -0.1) is 0 Å². The van der Waals surface area contributed by atoms with Gasteiger partial charge in [0.1, 0.15) is 0 Å². The van der Waals surface area contributed by atoms with Crippen LogP contribution in [0.25, 0.3) is 10.9 Å². The number of carbonyl (C=O) groups excluding carboxylic acids is 1. The number of ketones is 1. The lowest BCUT2D eigenvalue weighted by Crippen LogP contribution is -2.30. The highest BCUT2D eigenvalue weighted by molar-refractivity contribution is 6.07. The van der Waals surface area contributed by atoms with E-state index in [-0.39, 0.29) is 5.78 Å². The number of fused-ring (bicyclic) bond motifs is 2. The van der Waals surface area contributed by atoms with Gasteiger partial charge in [0.25, 0.3) is 0 Å². The van der Waals surface area contributed by atoms with E-state index in [9.17, 15) is 4.79 Å². The molecule has 0 spiro atoms. The molecule has 0 amide bonds. The average Bonchev–Trinajstić information content (AvgIpc) is 3.26. The van der Waals surface area contributed by atoms with E-state index in [0.717, 1.165) is 49.7 Å². The van der Waals surface area contributed by atoms with Crippen LogP contribution in [0, 0.1) is 0 Å². The Morgan fingerprint density at radius 2 is 1.85 bits per heavy atom. The van der Waals surface area contributed by atoms with Crippen molar-refractivity contribution >= 4 is 16.7 Å². The molecule has 0 aliphatic heterocycles. The van der Waals surface area contributed by atoms with Crippen molar-refractivity contribution in [1.82, 2.24) is 9.88 Å². The molecule has 0 radical (unpaired) electrons. The maximum Gasteiger partial charge on any atom is 0.161 e. The summed E-state index contributed by atoms with van der Waals surface area (Å²) in [5, 5.41) is 4.82. The molecule has 27 heavy (non-hydrogen) atoms. The lowest BCUT2D eigenvalue weighted by atomic mass is 10.1. The maximum absolute atomic E-state index is 12.1. The Balaban J connectivity index is 1.41. The zero-order valence-electron chi connectivity index (χ0n) is 16.3. The summed E-state index contributed by atoms with van der Waals surface area (Å²) >= 11 is 0. The Morgan fingerprint density at radius 1 is 1.11 bits per heavy atom. The monoisotopic (exact) mass is 360 g/mol. The predicted octanol–water partition coefficient (Wildman–Crippen LogP) is 4.55. The van der Waals surface area contributed by atoms with Crippen LogP contribution in [0.3, 0.4) is 0 Å². The summed E-state index contributed by atoms with van der Waals surface area (Å²) in [6, 6.07) is 15.6. The molecular formula is C24H28N2O. The van der Waals surface area contributed by atoms with E-state index in [1.54, 1.807) is 6.92 Å². The summed E-state index contributed by atoms with van der Waals surface area (Å²) in [4.78, 5) is 12.1. The molecule has 1 aliphatic rings. The summed E-state index contributed by atoms with van der Waals surface area (Å²) in [5.41, 5.74) is 6.38. The first kappa shape index (κ1) is 18.0. The molecule has 1 heterocycles. The standard InChI is InChI=1S/C24H28N2O/c1-3-18-10-6-11-22-23(17(2)27)16-26(24(18)22)13-7-12-25-21-14-19-8-4-5-9-20(19)15-21/h4-6,8-11,16,21,25H,3,7,12-15H2,1-2H3. The van der Waals surface area contributed by atoms with Gasteiger partial charge < -0.3 is 9.88 Å². The first-order chi connectivity index (χ1) is 13.2. The number of para-hydroxylation sites is 1. The van der Waals surface area contributed by atoms with E-state index in [1.807, 2.05) is 0 Å². The van der Waals surface area contributed by atoms with E-state index in [1.165, 1.54) is 22.2 Å². The van der Waals surface area contributed by atoms with Crippen molar-refractivity contribution < 1.29 is 4.79 Å². The fourth-order valence-electron chi connectivity index (χ4n) is 4.44. The van der Waals surface area contributed by atoms with E-state index in [0.29, 0.717) is 6.04 Å². The fraction of sp³-hybridized carbons (Fsp3) is 0.375. The number of hydrogen-bond donors (Lipinski definition) is 1. The number of aromatic nitrogens is 1. The van der Waals surface area contributed by atoms with Crippen LogP contribution in [0.5, 0.6) is 0 Å². The molecule has 2 aromatic carbocycles. The molecule has 4 rings (SSSR count). The van der Waals surface area contributed by atoms with Crippen molar-refractivity contribution in [2.24, 2.45) is 0 Å². The zero-order valence-corrected chi connectivity index (χ0v) is 16.3. The van der Waals surface area contributed by atoms with Crippen LogP contribution in [0.15, 0.2) is 48.7 Å². The van der Waals surface area contributed by atoms with Gasteiger partial charge in [-0.25, -0.2) is 0 Å². The first-order valence-corrected chi connectivity index (χ1v) is 10.1. The normalized spacial score (nSPS) is 14.0. The summed E-state index contributed by atoms with van der Waals surface area (Å²) in [7, 11) is 0. The van der Waals surface area contributed by atoms with Gasteiger partial charge in [0, 0.05) is 29.7 Å². The van der Waals surface area contributed by atoms with Gasteiger partial charge in [-0.1, -0.05) is 49.4 Å². The summed E-state index contributed by atoms with van der Waals surface area (Å²) in [5.74, 6) is 0.147. The number of nitrogens with zero attached hydrogens (tertiary/aromatic N) is 1. The van der Waals surface area contributed by atoms with Crippen LogP contribution < -0.4 is 5.32 Å². The first-order valence-electron chi connectivity index (χ1n) is 10.1. The molecule has 0 saturated heterocycles. The van der Waals surface area contributed by atoms with Gasteiger partial charge in [-0.05, 0) is 55.8 Å². The lowest BCUT2D eigenvalue weighted by molar-refractivity contribution is 0.101. The van der Waals surface area contributed by atoms with Crippen molar-refractivity contribution in [3.05, 3.63) is 70.9 Å². The predicted molar refractivity (Wildman–Crippen MR) is 112 cm³/mol. The highest BCUT2D eigenvalue weighted by Crippen LogP contribution is 2.26. The Bertz CT molecular complexity index is 945. The van der Waals surface area contributed by atoms with Crippen molar-refractivity contribution in [2.75, 3.05) is 6.54 Å². The van der Waals surface area contributed by atoms with Crippen LogP contribution in [0.2, 0.25) is 0 Å². The zero-order chi connectivity index (χ0) is 18.8. The number of hydrogen-bond acceptors (Lipinski definition) is 2. The van der Waals surface area contributed by atoms with Crippen LogP contribution in [-0.2, 0) is 25.8 Å². The topological polar surface area (TPSA) is 34.0 Å². The molecule has 0 saturated carbocycles.